The molecule has 0 aliphatic rings. The van der Waals surface area contributed by atoms with Gasteiger partial charge >= 0.3 is 0 Å². The van der Waals surface area contributed by atoms with Crippen LogP contribution in [0, 0.1) is 6.92 Å². The summed E-state index contributed by atoms with van der Waals surface area (Å²) in [6.45, 7) is 2.89. The normalized spacial score (nSPS) is 10.2. The predicted octanol–water partition coefficient (Wildman–Crippen LogP) is 1.78. The zero-order valence-corrected chi connectivity index (χ0v) is 10.9. The van der Waals surface area contributed by atoms with E-state index in [4.69, 9.17) is 5.73 Å². The standard InChI is InChI=1S/C15H17N3O/c1-11-3-2-8-17-14(11)10-18-15(19)13-6-4-12(9-16)5-7-13/h2-8H,9-10,16H2,1H3,(H,18,19). The fourth-order valence-corrected chi connectivity index (χ4v) is 1.76. The molecule has 0 unspecified atom stereocenters. The lowest BCUT2D eigenvalue weighted by atomic mass is 10.1. The van der Waals surface area contributed by atoms with Crippen molar-refractivity contribution in [2.24, 2.45) is 5.73 Å². The number of aryl methyl sites for hydroxylation is 1. The van der Waals surface area contributed by atoms with Gasteiger partial charge in [-0.05, 0) is 36.2 Å². The summed E-state index contributed by atoms with van der Waals surface area (Å²) in [5, 5.41) is 2.86. The van der Waals surface area contributed by atoms with Gasteiger partial charge in [-0.25, -0.2) is 0 Å². The molecule has 19 heavy (non-hydrogen) atoms. The molecule has 4 heteroatoms. The Morgan fingerprint density at radius 3 is 2.63 bits per heavy atom. The molecule has 1 aromatic heterocycles. The van der Waals surface area contributed by atoms with Gasteiger partial charge in [0.25, 0.3) is 5.91 Å². The number of aromatic nitrogens is 1. The summed E-state index contributed by atoms with van der Waals surface area (Å²) >= 11 is 0. The highest BCUT2D eigenvalue weighted by atomic mass is 16.1. The lowest BCUT2D eigenvalue weighted by molar-refractivity contribution is 0.0950. The monoisotopic (exact) mass is 255 g/mol. The van der Waals surface area contributed by atoms with E-state index < -0.39 is 0 Å². The molecule has 4 nitrogen and oxygen atoms in total. The molecule has 0 aliphatic carbocycles. The minimum Gasteiger partial charge on any atom is -0.346 e. The minimum atomic E-state index is -0.103. The Bertz CT molecular complexity index is 564. The van der Waals surface area contributed by atoms with Crippen LogP contribution in [0.5, 0.6) is 0 Å². The van der Waals surface area contributed by atoms with Gasteiger partial charge < -0.3 is 11.1 Å². The quantitative estimate of drug-likeness (QED) is 0.875. The Hall–Kier alpha value is -2.20. The van der Waals surface area contributed by atoms with Crippen LogP contribution in [0.15, 0.2) is 42.6 Å². The summed E-state index contributed by atoms with van der Waals surface area (Å²) in [5.74, 6) is -0.103. The number of carbonyl (C=O) groups is 1. The topological polar surface area (TPSA) is 68.0 Å². The van der Waals surface area contributed by atoms with Crippen LogP contribution in [0.4, 0.5) is 0 Å². The van der Waals surface area contributed by atoms with Gasteiger partial charge in [-0.15, -0.1) is 0 Å². The first-order valence-electron chi connectivity index (χ1n) is 6.18. The fraction of sp³-hybridized carbons (Fsp3) is 0.200. The number of nitrogens with zero attached hydrogens (tertiary/aromatic N) is 1. The zero-order chi connectivity index (χ0) is 13.7. The van der Waals surface area contributed by atoms with Crippen LogP contribution in [0.1, 0.15) is 27.2 Å². The van der Waals surface area contributed by atoms with Crippen molar-refractivity contribution in [3.05, 3.63) is 65.0 Å². The molecule has 2 rings (SSSR count). The summed E-state index contributed by atoms with van der Waals surface area (Å²) in [7, 11) is 0. The number of benzene rings is 1. The molecule has 98 valence electrons. The van der Waals surface area contributed by atoms with E-state index in [9.17, 15) is 4.79 Å². The molecular formula is C15H17N3O. The Labute approximate surface area is 112 Å². The van der Waals surface area contributed by atoms with Gasteiger partial charge in [0.15, 0.2) is 0 Å². The largest absolute Gasteiger partial charge is 0.346 e. The fourth-order valence-electron chi connectivity index (χ4n) is 1.76. The first-order valence-corrected chi connectivity index (χ1v) is 6.18. The second-order valence-electron chi connectivity index (χ2n) is 4.35. The number of carbonyl (C=O) groups excluding carboxylic acids is 1. The molecule has 0 aliphatic heterocycles. The molecule has 0 fully saturated rings. The van der Waals surface area contributed by atoms with E-state index in [2.05, 4.69) is 10.3 Å². The van der Waals surface area contributed by atoms with Gasteiger partial charge in [-0.3, -0.25) is 9.78 Å². The van der Waals surface area contributed by atoms with Crippen LogP contribution in [0.3, 0.4) is 0 Å². The Balaban J connectivity index is 1.99. The number of nitrogens with two attached hydrogens (primary N) is 1. The van der Waals surface area contributed by atoms with Crippen LogP contribution >= 0.6 is 0 Å². The highest BCUT2D eigenvalue weighted by Crippen LogP contribution is 2.06. The third-order valence-electron chi connectivity index (χ3n) is 2.99. The van der Waals surface area contributed by atoms with Gasteiger partial charge in [-0.1, -0.05) is 18.2 Å². The molecule has 1 amide bonds. The number of amides is 1. The Kier molecular flexibility index (Phi) is 4.26. The maximum Gasteiger partial charge on any atom is 0.251 e. The average Bonchev–Trinajstić information content (AvgIpc) is 2.46. The van der Waals surface area contributed by atoms with E-state index in [0.29, 0.717) is 18.7 Å². The third kappa shape index (κ3) is 3.39. The average molecular weight is 255 g/mol. The van der Waals surface area contributed by atoms with E-state index in [1.54, 1.807) is 18.3 Å². The molecule has 0 radical (unpaired) electrons. The molecule has 1 heterocycles. The minimum absolute atomic E-state index is 0.103. The van der Waals surface area contributed by atoms with Crippen LogP contribution in [0.2, 0.25) is 0 Å². The van der Waals surface area contributed by atoms with Gasteiger partial charge in [0.1, 0.15) is 0 Å². The van der Waals surface area contributed by atoms with Crippen molar-refractivity contribution >= 4 is 5.91 Å². The summed E-state index contributed by atoms with van der Waals surface area (Å²) < 4.78 is 0. The second kappa shape index (κ2) is 6.11. The summed E-state index contributed by atoms with van der Waals surface area (Å²) in [6.07, 6.45) is 1.73. The van der Waals surface area contributed by atoms with Crippen molar-refractivity contribution in [3.8, 4) is 0 Å². The highest BCUT2D eigenvalue weighted by Gasteiger charge is 2.06. The number of hydrogen-bond acceptors (Lipinski definition) is 3. The van der Waals surface area contributed by atoms with Gasteiger partial charge in [-0.2, -0.15) is 0 Å². The maximum absolute atomic E-state index is 12.0. The SMILES string of the molecule is Cc1cccnc1CNC(=O)c1ccc(CN)cc1. The molecule has 0 saturated heterocycles. The lowest BCUT2D eigenvalue weighted by Crippen LogP contribution is -2.23. The third-order valence-corrected chi connectivity index (χ3v) is 2.99. The number of pyridine rings is 1. The molecular weight excluding hydrogens is 238 g/mol. The van der Waals surface area contributed by atoms with Crippen molar-refractivity contribution in [1.29, 1.82) is 0 Å². The van der Waals surface area contributed by atoms with E-state index in [1.165, 1.54) is 0 Å². The lowest BCUT2D eigenvalue weighted by Gasteiger charge is -2.07. The molecule has 1 aromatic carbocycles. The Morgan fingerprint density at radius 2 is 2.00 bits per heavy atom. The molecule has 2 aromatic rings. The number of hydrogen-bond donors (Lipinski definition) is 2. The van der Waals surface area contributed by atoms with Crippen molar-refractivity contribution in [3.63, 3.8) is 0 Å². The van der Waals surface area contributed by atoms with Crippen molar-refractivity contribution in [2.75, 3.05) is 0 Å². The van der Waals surface area contributed by atoms with Gasteiger partial charge in [0.05, 0.1) is 12.2 Å². The van der Waals surface area contributed by atoms with Crippen molar-refractivity contribution in [2.45, 2.75) is 20.0 Å². The first kappa shape index (κ1) is 13.2. The van der Waals surface area contributed by atoms with Crippen molar-refractivity contribution in [1.82, 2.24) is 10.3 Å². The van der Waals surface area contributed by atoms with Crippen LogP contribution in [-0.2, 0) is 13.1 Å². The van der Waals surface area contributed by atoms with E-state index in [1.807, 2.05) is 31.2 Å². The number of rotatable bonds is 4. The molecule has 0 bridgehead atoms. The second-order valence-corrected chi connectivity index (χ2v) is 4.35. The molecule has 3 N–H and O–H groups in total. The van der Waals surface area contributed by atoms with Crippen LogP contribution < -0.4 is 11.1 Å². The number of nitrogens with one attached hydrogen (secondary N) is 1. The predicted molar refractivity (Wildman–Crippen MR) is 74.5 cm³/mol. The summed E-state index contributed by atoms with van der Waals surface area (Å²) in [4.78, 5) is 16.2. The molecule has 0 spiro atoms. The smallest absolute Gasteiger partial charge is 0.251 e. The summed E-state index contributed by atoms with van der Waals surface area (Å²) in [5.41, 5.74) is 9.11. The van der Waals surface area contributed by atoms with E-state index in [-0.39, 0.29) is 5.91 Å². The van der Waals surface area contributed by atoms with Gasteiger partial charge in [0.2, 0.25) is 0 Å². The van der Waals surface area contributed by atoms with Gasteiger partial charge in [0, 0.05) is 18.3 Å². The first-order chi connectivity index (χ1) is 9.20. The molecule has 0 saturated carbocycles. The summed E-state index contributed by atoms with van der Waals surface area (Å²) in [6, 6.07) is 11.1. The maximum atomic E-state index is 12.0. The van der Waals surface area contributed by atoms with Crippen LogP contribution in [-0.4, -0.2) is 10.9 Å². The van der Waals surface area contributed by atoms with E-state index in [0.717, 1.165) is 16.8 Å². The zero-order valence-electron chi connectivity index (χ0n) is 10.9. The van der Waals surface area contributed by atoms with E-state index >= 15 is 0 Å². The highest BCUT2D eigenvalue weighted by molar-refractivity contribution is 5.94. The molecule has 0 atom stereocenters. The van der Waals surface area contributed by atoms with Crippen LogP contribution in [0.25, 0.3) is 0 Å². The Morgan fingerprint density at radius 1 is 1.26 bits per heavy atom. The van der Waals surface area contributed by atoms with Crippen molar-refractivity contribution < 1.29 is 4.79 Å².